The van der Waals surface area contributed by atoms with Crippen molar-refractivity contribution >= 4 is 16.8 Å². The molecule has 1 amide bonds. The van der Waals surface area contributed by atoms with Gasteiger partial charge in [0.25, 0.3) is 0 Å². The van der Waals surface area contributed by atoms with Crippen molar-refractivity contribution < 1.29 is 4.79 Å². The van der Waals surface area contributed by atoms with Crippen LogP contribution in [0.2, 0.25) is 0 Å². The lowest BCUT2D eigenvalue weighted by Crippen LogP contribution is -2.10. The molecule has 0 fully saturated rings. The summed E-state index contributed by atoms with van der Waals surface area (Å²) in [6.45, 7) is 0. The molecule has 0 bridgehead atoms. The number of aromatic nitrogens is 2. The molecule has 4 heteroatoms. The van der Waals surface area contributed by atoms with Crippen LogP contribution in [0.4, 0.5) is 0 Å². The number of nitrogens with two attached hydrogens (primary N) is 1. The molecule has 0 spiro atoms. The number of rotatable bonds is 2. The Hall–Kier alpha value is -2.62. The van der Waals surface area contributed by atoms with Gasteiger partial charge in [0.15, 0.2) is 0 Å². The minimum absolute atomic E-state index is 0.433. The number of hydrogen-bond acceptors (Lipinski definition) is 2. The number of carbonyl (C=O) groups is 1. The van der Waals surface area contributed by atoms with Gasteiger partial charge < -0.3 is 5.73 Å². The molecule has 88 valence electrons. The predicted molar refractivity (Wildman–Crippen MR) is 70.0 cm³/mol. The SMILES string of the molecule is NC(=O)c1ccc2[nH]nc(-c3ccccc3)c2c1. The second kappa shape index (κ2) is 4.00. The maximum absolute atomic E-state index is 11.2. The van der Waals surface area contributed by atoms with Crippen molar-refractivity contribution in [1.82, 2.24) is 10.2 Å². The number of nitrogens with one attached hydrogen (secondary N) is 1. The van der Waals surface area contributed by atoms with Gasteiger partial charge in [0.05, 0.1) is 11.2 Å². The van der Waals surface area contributed by atoms with Gasteiger partial charge in [-0.15, -0.1) is 0 Å². The molecule has 3 aromatic rings. The first-order valence-electron chi connectivity index (χ1n) is 5.59. The average molecular weight is 237 g/mol. The Morgan fingerprint density at radius 1 is 1.11 bits per heavy atom. The van der Waals surface area contributed by atoms with Crippen molar-refractivity contribution in [2.24, 2.45) is 5.73 Å². The van der Waals surface area contributed by atoms with Gasteiger partial charge in [-0.25, -0.2) is 0 Å². The first kappa shape index (κ1) is 10.5. The minimum Gasteiger partial charge on any atom is -0.366 e. The molecule has 0 saturated carbocycles. The summed E-state index contributed by atoms with van der Waals surface area (Å²) < 4.78 is 0. The highest BCUT2D eigenvalue weighted by Crippen LogP contribution is 2.26. The van der Waals surface area contributed by atoms with Crippen LogP contribution in [0.5, 0.6) is 0 Å². The molecule has 18 heavy (non-hydrogen) atoms. The highest BCUT2D eigenvalue weighted by Gasteiger charge is 2.09. The molecule has 0 saturated heterocycles. The van der Waals surface area contributed by atoms with Crippen LogP contribution in [0.3, 0.4) is 0 Å². The number of primary amides is 1. The zero-order valence-electron chi connectivity index (χ0n) is 9.55. The van der Waals surface area contributed by atoms with Crippen LogP contribution in [0.25, 0.3) is 22.2 Å². The molecule has 1 heterocycles. The topological polar surface area (TPSA) is 71.8 Å². The molecule has 0 atom stereocenters. The Labute approximate surface area is 103 Å². The normalized spacial score (nSPS) is 10.7. The zero-order valence-corrected chi connectivity index (χ0v) is 9.55. The Bertz CT molecular complexity index is 716. The molecule has 3 N–H and O–H groups in total. The zero-order chi connectivity index (χ0) is 12.5. The molecule has 0 aliphatic carbocycles. The lowest BCUT2D eigenvalue weighted by Gasteiger charge is -1.99. The summed E-state index contributed by atoms with van der Waals surface area (Å²) in [4.78, 5) is 11.2. The molecule has 1 aromatic heterocycles. The Morgan fingerprint density at radius 3 is 2.61 bits per heavy atom. The van der Waals surface area contributed by atoms with Crippen LogP contribution < -0.4 is 5.73 Å². The first-order chi connectivity index (χ1) is 8.75. The lowest BCUT2D eigenvalue weighted by molar-refractivity contribution is 0.100. The van der Waals surface area contributed by atoms with Crippen LogP contribution in [-0.2, 0) is 0 Å². The van der Waals surface area contributed by atoms with Crippen molar-refractivity contribution in [2.45, 2.75) is 0 Å². The van der Waals surface area contributed by atoms with Gasteiger partial charge in [-0.1, -0.05) is 30.3 Å². The Morgan fingerprint density at radius 2 is 1.89 bits per heavy atom. The number of carbonyl (C=O) groups excluding carboxylic acids is 1. The van der Waals surface area contributed by atoms with Gasteiger partial charge in [-0.05, 0) is 18.2 Å². The van der Waals surface area contributed by atoms with E-state index in [4.69, 9.17) is 5.73 Å². The summed E-state index contributed by atoms with van der Waals surface area (Å²) in [5.74, 6) is -0.433. The third-order valence-corrected chi connectivity index (χ3v) is 2.89. The second-order valence-corrected chi connectivity index (χ2v) is 4.06. The standard InChI is InChI=1S/C14H11N3O/c15-14(18)10-6-7-12-11(8-10)13(17-16-12)9-4-2-1-3-5-9/h1-8H,(H2,15,18)(H,16,17). The first-order valence-corrected chi connectivity index (χ1v) is 5.59. The molecule has 4 nitrogen and oxygen atoms in total. The van der Waals surface area contributed by atoms with Gasteiger partial charge >= 0.3 is 0 Å². The van der Waals surface area contributed by atoms with Gasteiger partial charge in [0, 0.05) is 16.5 Å². The van der Waals surface area contributed by atoms with Gasteiger partial charge in [-0.2, -0.15) is 5.10 Å². The van der Waals surface area contributed by atoms with E-state index < -0.39 is 5.91 Å². The number of benzene rings is 2. The number of amides is 1. The van der Waals surface area contributed by atoms with E-state index in [2.05, 4.69) is 10.2 Å². The van der Waals surface area contributed by atoms with Gasteiger partial charge in [-0.3, -0.25) is 9.89 Å². The fourth-order valence-corrected chi connectivity index (χ4v) is 1.98. The van der Waals surface area contributed by atoms with E-state index >= 15 is 0 Å². The summed E-state index contributed by atoms with van der Waals surface area (Å²) in [6, 6.07) is 15.1. The highest BCUT2D eigenvalue weighted by atomic mass is 16.1. The average Bonchev–Trinajstić information content (AvgIpc) is 2.82. The largest absolute Gasteiger partial charge is 0.366 e. The van der Waals surface area contributed by atoms with Gasteiger partial charge in [0.2, 0.25) is 5.91 Å². The van der Waals surface area contributed by atoms with E-state index in [1.165, 1.54) is 0 Å². The van der Waals surface area contributed by atoms with E-state index in [0.717, 1.165) is 22.2 Å². The second-order valence-electron chi connectivity index (χ2n) is 4.06. The van der Waals surface area contributed by atoms with Crippen LogP contribution in [0.15, 0.2) is 48.5 Å². The fraction of sp³-hybridized carbons (Fsp3) is 0. The number of fused-ring (bicyclic) bond motifs is 1. The number of aromatic amines is 1. The third-order valence-electron chi connectivity index (χ3n) is 2.89. The van der Waals surface area contributed by atoms with Crippen molar-refractivity contribution in [3.05, 3.63) is 54.1 Å². The summed E-state index contributed by atoms with van der Waals surface area (Å²) >= 11 is 0. The molecular formula is C14H11N3O. The Kier molecular flexibility index (Phi) is 2.34. The summed E-state index contributed by atoms with van der Waals surface area (Å²) in [7, 11) is 0. The maximum atomic E-state index is 11.2. The molecule has 0 aliphatic rings. The highest BCUT2D eigenvalue weighted by molar-refractivity contribution is 6.00. The summed E-state index contributed by atoms with van der Waals surface area (Å²) in [6.07, 6.45) is 0. The molecule has 0 aliphatic heterocycles. The molecule has 2 aromatic carbocycles. The predicted octanol–water partition coefficient (Wildman–Crippen LogP) is 2.33. The van der Waals surface area contributed by atoms with Crippen molar-refractivity contribution in [1.29, 1.82) is 0 Å². The van der Waals surface area contributed by atoms with Crippen LogP contribution >= 0.6 is 0 Å². The number of H-pyrrole nitrogens is 1. The van der Waals surface area contributed by atoms with Gasteiger partial charge in [0.1, 0.15) is 0 Å². The maximum Gasteiger partial charge on any atom is 0.248 e. The minimum atomic E-state index is -0.433. The van der Waals surface area contributed by atoms with Crippen LogP contribution in [-0.4, -0.2) is 16.1 Å². The van der Waals surface area contributed by atoms with Crippen LogP contribution in [0, 0.1) is 0 Å². The molecular weight excluding hydrogens is 226 g/mol. The van der Waals surface area contributed by atoms with E-state index in [0.29, 0.717) is 5.56 Å². The molecule has 0 unspecified atom stereocenters. The van der Waals surface area contributed by atoms with Crippen LogP contribution in [0.1, 0.15) is 10.4 Å². The fourth-order valence-electron chi connectivity index (χ4n) is 1.98. The van der Waals surface area contributed by atoms with E-state index in [1.807, 2.05) is 36.4 Å². The van der Waals surface area contributed by atoms with E-state index in [1.54, 1.807) is 12.1 Å². The third kappa shape index (κ3) is 1.64. The summed E-state index contributed by atoms with van der Waals surface area (Å²) in [5, 5.41) is 8.14. The number of hydrogen-bond donors (Lipinski definition) is 2. The Balaban J connectivity index is 2.24. The monoisotopic (exact) mass is 237 g/mol. The molecule has 3 rings (SSSR count). The van der Waals surface area contributed by atoms with E-state index in [-0.39, 0.29) is 0 Å². The lowest BCUT2D eigenvalue weighted by atomic mass is 10.1. The number of nitrogens with zero attached hydrogens (tertiary/aromatic N) is 1. The molecule has 0 radical (unpaired) electrons. The van der Waals surface area contributed by atoms with E-state index in [9.17, 15) is 4.79 Å². The van der Waals surface area contributed by atoms with Crippen molar-refractivity contribution in [3.8, 4) is 11.3 Å². The van der Waals surface area contributed by atoms with Crippen molar-refractivity contribution in [2.75, 3.05) is 0 Å². The van der Waals surface area contributed by atoms with Crippen molar-refractivity contribution in [3.63, 3.8) is 0 Å². The smallest absolute Gasteiger partial charge is 0.248 e. The quantitative estimate of drug-likeness (QED) is 0.718. The summed E-state index contributed by atoms with van der Waals surface area (Å²) in [5.41, 5.74) is 8.50.